The van der Waals surface area contributed by atoms with Gasteiger partial charge in [-0.2, -0.15) is 5.26 Å². The molecule has 0 saturated heterocycles. The first kappa shape index (κ1) is 14.1. The minimum atomic E-state index is -0.325. The minimum Gasteiger partial charge on any atom is -0.355 e. The Morgan fingerprint density at radius 2 is 2.25 bits per heavy atom. The summed E-state index contributed by atoms with van der Waals surface area (Å²) in [7, 11) is 0. The lowest BCUT2D eigenvalue weighted by Gasteiger charge is -2.04. The first-order valence-electron chi connectivity index (χ1n) is 6.01. The Hall–Kier alpha value is -2.32. The van der Waals surface area contributed by atoms with E-state index >= 15 is 0 Å². The van der Waals surface area contributed by atoms with Crippen LogP contribution >= 0.6 is 11.6 Å². The smallest absolute Gasteiger partial charge is 0.257 e. The lowest BCUT2D eigenvalue weighted by molar-refractivity contribution is 0.0954. The van der Waals surface area contributed by atoms with Crippen LogP contribution in [-0.4, -0.2) is 17.6 Å². The molecule has 2 aromatic rings. The zero-order chi connectivity index (χ0) is 14.5. The van der Waals surface area contributed by atoms with E-state index in [1.165, 1.54) is 0 Å². The van der Waals surface area contributed by atoms with Gasteiger partial charge in [-0.15, -0.1) is 0 Å². The van der Waals surface area contributed by atoms with Crippen molar-refractivity contribution in [2.45, 2.75) is 13.3 Å². The van der Waals surface area contributed by atoms with Gasteiger partial charge in [-0.05, 0) is 19.1 Å². The molecule has 102 valence electrons. The summed E-state index contributed by atoms with van der Waals surface area (Å²) in [5, 5.41) is 15.4. The quantitative estimate of drug-likeness (QED) is 0.878. The van der Waals surface area contributed by atoms with Crippen molar-refractivity contribution in [3.8, 4) is 17.4 Å². The molecule has 1 heterocycles. The van der Waals surface area contributed by atoms with E-state index in [1.807, 2.05) is 6.07 Å². The summed E-state index contributed by atoms with van der Waals surface area (Å²) in [6.45, 7) is 1.96. The lowest BCUT2D eigenvalue weighted by Crippen LogP contribution is -2.25. The molecule has 0 saturated carbocycles. The summed E-state index contributed by atoms with van der Waals surface area (Å²) in [6, 6.07) is 9.03. The number of rotatable bonds is 4. The first-order valence-corrected chi connectivity index (χ1v) is 6.39. The van der Waals surface area contributed by atoms with Crippen LogP contribution in [0.4, 0.5) is 0 Å². The maximum atomic E-state index is 12.1. The van der Waals surface area contributed by atoms with E-state index in [2.05, 4.69) is 10.5 Å². The summed E-state index contributed by atoms with van der Waals surface area (Å²) >= 11 is 6.11. The molecule has 0 aliphatic carbocycles. The van der Waals surface area contributed by atoms with Crippen molar-refractivity contribution < 1.29 is 9.32 Å². The second kappa shape index (κ2) is 6.22. The molecular weight excluding hydrogens is 278 g/mol. The number of nitrogens with one attached hydrogen (secondary N) is 1. The van der Waals surface area contributed by atoms with E-state index in [0.29, 0.717) is 27.6 Å². The van der Waals surface area contributed by atoms with E-state index in [4.69, 9.17) is 21.4 Å². The van der Waals surface area contributed by atoms with Crippen LogP contribution in [0.1, 0.15) is 22.5 Å². The van der Waals surface area contributed by atoms with Crippen molar-refractivity contribution in [3.63, 3.8) is 0 Å². The van der Waals surface area contributed by atoms with Gasteiger partial charge < -0.3 is 9.84 Å². The number of hydrogen-bond acceptors (Lipinski definition) is 4. The van der Waals surface area contributed by atoms with Crippen LogP contribution in [0.25, 0.3) is 11.3 Å². The highest BCUT2D eigenvalue weighted by molar-refractivity contribution is 6.33. The van der Waals surface area contributed by atoms with Crippen molar-refractivity contribution in [2.75, 3.05) is 6.54 Å². The Balaban J connectivity index is 2.36. The molecule has 2 rings (SSSR count). The van der Waals surface area contributed by atoms with Crippen molar-refractivity contribution in [1.82, 2.24) is 10.5 Å². The van der Waals surface area contributed by atoms with Gasteiger partial charge in [0.2, 0.25) is 0 Å². The minimum absolute atomic E-state index is 0.248. The van der Waals surface area contributed by atoms with Gasteiger partial charge in [-0.1, -0.05) is 28.9 Å². The fourth-order valence-electron chi connectivity index (χ4n) is 1.79. The normalized spacial score (nSPS) is 10.1. The number of benzene rings is 1. The van der Waals surface area contributed by atoms with Gasteiger partial charge in [0.05, 0.1) is 23.2 Å². The fourth-order valence-corrected chi connectivity index (χ4v) is 2.01. The highest BCUT2D eigenvalue weighted by Crippen LogP contribution is 2.31. The van der Waals surface area contributed by atoms with Crippen molar-refractivity contribution >= 4 is 17.5 Å². The molecule has 0 radical (unpaired) electrons. The van der Waals surface area contributed by atoms with Crippen molar-refractivity contribution in [1.29, 1.82) is 5.26 Å². The van der Waals surface area contributed by atoms with Crippen LogP contribution in [0.3, 0.4) is 0 Å². The number of carbonyl (C=O) groups is 1. The van der Waals surface area contributed by atoms with Crippen molar-refractivity contribution in [3.05, 3.63) is 40.5 Å². The number of aryl methyl sites for hydroxylation is 1. The predicted octanol–water partition coefficient (Wildman–Crippen LogP) is 2.95. The van der Waals surface area contributed by atoms with Gasteiger partial charge >= 0.3 is 0 Å². The molecule has 20 heavy (non-hydrogen) atoms. The van der Waals surface area contributed by atoms with E-state index in [0.717, 1.165) is 0 Å². The average molecular weight is 290 g/mol. The molecule has 0 aliphatic rings. The van der Waals surface area contributed by atoms with Gasteiger partial charge in [0, 0.05) is 12.1 Å². The molecule has 1 amide bonds. The van der Waals surface area contributed by atoms with E-state index < -0.39 is 0 Å². The summed E-state index contributed by atoms with van der Waals surface area (Å²) in [4.78, 5) is 12.1. The number of halogens is 1. The van der Waals surface area contributed by atoms with Gasteiger partial charge in [0.1, 0.15) is 5.56 Å². The Morgan fingerprint density at radius 1 is 1.50 bits per heavy atom. The Bertz CT molecular complexity index is 673. The number of amides is 1. The summed E-state index contributed by atoms with van der Waals surface area (Å²) < 4.78 is 5.23. The maximum absolute atomic E-state index is 12.1. The summed E-state index contributed by atoms with van der Waals surface area (Å²) in [6.07, 6.45) is 0.248. The number of nitriles is 1. The second-order valence-corrected chi connectivity index (χ2v) is 4.52. The van der Waals surface area contributed by atoms with Gasteiger partial charge in [-0.25, -0.2) is 0 Å². The van der Waals surface area contributed by atoms with Gasteiger partial charge in [-0.3, -0.25) is 4.79 Å². The van der Waals surface area contributed by atoms with Gasteiger partial charge in [0.15, 0.2) is 5.76 Å². The van der Waals surface area contributed by atoms with Crippen LogP contribution in [0.2, 0.25) is 5.02 Å². The predicted molar refractivity (Wildman–Crippen MR) is 74.2 cm³/mol. The Morgan fingerprint density at radius 3 is 2.95 bits per heavy atom. The fraction of sp³-hybridized carbons (Fsp3) is 0.214. The summed E-state index contributed by atoms with van der Waals surface area (Å²) in [5.41, 5.74) is 1.44. The van der Waals surface area contributed by atoms with Crippen LogP contribution in [-0.2, 0) is 0 Å². The molecule has 0 spiro atoms. The van der Waals surface area contributed by atoms with Crippen LogP contribution in [0.5, 0.6) is 0 Å². The third-order valence-corrected chi connectivity index (χ3v) is 3.06. The third-order valence-electron chi connectivity index (χ3n) is 2.73. The highest BCUT2D eigenvalue weighted by atomic mass is 35.5. The Labute approximate surface area is 121 Å². The summed E-state index contributed by atoms with van der Waals surface area (Å²) in [5.74, 6) is 0.0106. The third kappa shape index (κ3) is 2.81. The monoisotopic (exact) mass is 289 g/mol. The second-order valence-electron chi connectivity index (χ2n) is 4.12. The average Bonchev–Trinajstić information content (AvgIpc) is 2.81. The van der Waals surface area contributed by atoms with Crippen LogP contribution < -0.4 is 5.32 Å². The molecule has 0 aliphatic heterocycles. The molecule has 6 heteroatoms. The first-order chi connectivity index (χ1) is 9.65. The molecule has 0 atom stereocenters. The zero-order valence-corrected chi connectivity index (χ0v) is 11.6. The molecule has 1 aromatic carbocycles. The van der Waals surface area contributed by atoms with E-state index in [9.17, 15) is 4.79 Å². The molecule has 0 bridgehead atoms. The molecule has 5 nitrogen and oxygen atoms in total. The molecular formula is C14H12ClN3O2. The molecule has 1 N–H and O–H groups in total. The number of aromatic nitrogens is 1. The standard InChI is InChI=1S/C14H12ClN3O2/c1-9-12(14(19)17-8-4-7-16)13(20-18-9)10-5-2-3-6-11(10)15/h2-3,5-6H,4,8H2,1H3,(H,17,19). The van der Waals surface area contributed by atoms with Gasteiger partial charge in [0.25, 0.3) is 5.91 Å². The molecule has 1 aromatic heterocycles. The number of carbonyl (C=O) groups excluding carboxylic acids is 1. The van der Waals surface area contributed by atoms with Crippen molar-refractivity contribution in [2.24, 2.45) is 0 Å². The molecule has 0 unspecified atom stereocenters. The highest BCUT2D eigenvalue weighted by Gasteiger charge is 2.22. The number of nitrogens with zero attached hydrogens (tertiary/aromatic N) is 2. The SMILES string of the molecule is Cc1noc(-c2ccccc2Cl)c1C(=O)NCCC#N. The lowest BCUT2D eigenvalue weighted by atomic mass is 10.1. The zero-order valence-electron chi connectivity index (χ0n) is 10.8. The van der Waals surface area contributed by atoms with Crippen LogP contribution in [0, 0.1) is 18.3 Å². The van der Waals surface area contributed by atoms with E-state index in [-0.39, 0.29) is 18.9 Å². The Kier molecular flexibility index (Phi) is 4.38. The largest absolute Gasteiger partial charge is 0.355 e. The van der Waals surface area contributed by atoms with Crippen LogP contribution in [0.15, 0.2) is 28.8 Å². The topological polar surface area (TPSA) is 78.9 Å². The maximum Gasteiger partial charge on any atom is 0.257 e. The molecule has 0 fully saturated rings. The van der Waals surface area contributed by atoms with E-state index in [1.54, 1.807) is 31.2 Å². The number of hydrogen-bond donors (Lipinski definition) is 1.